The van der Waals surface area contributed by atoms with E-state index in [1.807, 2.05) is 0 Å². The first kappa shape index (κ1) is 14.5. The Morgan fingerprint density at radius 3 is 1.92 bits per heavy atom. The molecule has 0 heteroatoms. The molecule has 1 aliphatic carbocycles. The van der Waals surface area contributed by atoms with Crippen molar-refractivity contribution in [3.63, 3.8) is 0 Å². The van der Waals surface area contributed by atoms with Gasteiger partial charge < -0.3 is 0 Å². The first-order valence-electron chi connectivity index (χ1n) is 8.89. The fourth-order valence-corrected chi connectivity index (χ4v) is 4.20. The zero-order valence-electron chi connectivity index (χ0n) is 14.6. The van der Waals surface area contributed by atoms with Crippen molar-refractivity contribution in [1.29, 1.82) is 0 Å². The van der Waals surface area contributed by atoms with Gasteiger partial charge in [-0.1, -0.05) is 92.7 Å². The van der Waals surface area contributed by atoms with Crippen LogP contribution in [0.25, 0.3) is 33.0 Å². The van der Waals surface area contributed by atoms with Crippen molar-refractivity contribution >= 4 is 10.8 Å². The number of rotatable bonds is 2. The molecule has 120 valence electrons. The van der Waals surface area contributed by atoms with Gasteiger partial charge in [-0.25, -0.2) is 0 Å². The van der Waals surface area contributed by atoms with Gasteiger partial charge in [-0.15, -0.1) is 0 Å². The highest BCUT2D eigenvalue weighted by Crippen LogP contribution is 2.48. The maximum atomic E-state index is 2.40. The predicted octanol–water partition coefficient (Wildman–Crippen LogP) is 6.81. The Balaban J connectivity index is 1.74. The van der Waals surface area contributed by atoms with E-state index in [9.17, 15) is 0 Å². The normalized spacial score (nSPS) is 12.4. The number of hydrogen-bond donors (Lipinski definition) is 0. The Labute approximate surface area is 148 Å². The van der Waals surface area contributed by atoms with Crippen LogP contribution in [0.4, 0.5) is 0 Å². The molecule has 0 unspecified atom stereocenters. The largest absolute Gasteiger partial charge is 0.0622 e. The van der Waals surface area contributed by atoms with Gasteiger partial charge in [-0.3, -0.25) is 0 Å². The monoisotopic (exact) mass is 320 g/mol. The van der Waals surface area contributed by atoms with Crippen LogP contribution in [-0.2, 0) is 5.41 Å². The minimum absolute atomic E-state index is 0.0149. The zero-order valence-corrected chi connectivity index (χ0v) is 14.6. The van der Waals surface area contributed by atoms with Crippen molar-refractivity contribution in [3.05, 3.63) is 96.1 Å². The fraction of sp³-hybridized carbons (Fsp3) is 0.120. The quantitative estimate of drug-likeness (QED) is 0.335. The molecule has 0 saturated heterocycles. The summed E-state index contributed by atoms with van der Waals surface area (Å²) in [6, 6.07) is 31.1. The van der Waals surface area contributed by atoms with Gasteiger partial charge in [0, 0.05) is 5.41 Å². The van der Waals surface area contributed by atoms with Crippen LogP contribution in [0.1, 0.15) is 25.0 Å². The maximum absolute atomic E-state index is 2.40. The van der Waals surface area contributed by atoms with Crippen LogP contribution in [0.15, 0.2) is 84.9 Å². The van der Waals surface area contributed by atoms with E-state index in [2.05, 4.69) is 98.8 Å². The minimum atomic E-state index is -0.0149. The molecule has 4 aromatic rings. The Hall–Kier alpha value is -2.86. The average molecular weight is 320 g/mol. The van der Waals surface area contributed by atoms with E-state index in [0.29, 0.717) is 0 Å². The Kier molecular flexibility index (Phi) is 2.93. The summed E-state index contributed by atoms with van der Waals surface area (Å²) in [6.07, 6.45) is 0. The van der Waals surface area contributed by atoms with Crippen molar-refractivity contribution in [2.24, 2.45) is 0 Å². The number of fused-ring (bicyclic) bond motifs is 3. The van der Waals surface area contributed by atoms with Crippen LogP contribution in [0.5, 0.6) is 0 Å². The highest BCUT2D eigenvalue weighted by molar-refractivity contribution is 6.15. The van der Waals surface area contributed by atoms with Gasteiger partial charge in [-0.05, 0) is 50.2 Å². The van der Waals surface area contributed by atoms with Crippen molar-refractivity contribution in [1.82, 2.24) is 0 Å². The molecule has 0 heterocycles. The van der Waals surface area contributed by atoms with E-state index in [1.54, 1.807) is 0 Å². The molecular formula is C25H20. The second-order valence-corrected chi connectivity index (χ2v) is 7.46. The highest BCUT2D eigenvalue weighted by atomic mass is 14.3. The molecule has 5 rings (SSSR count). The fourth-order valence-electron chi connectivity index (χ4n) is 4.20. The van der Waals surface area contributed by atoms with Gasteiger partial charge in [0.15, 0.2) is 0 Å². The molecule has 1 aliphatic rings. The van der Waals surface area contributed by atoms with Crippen LogP contribution in [0.2, 0.25) is 0 Å². The zero-order chi connectivity index (χ0) is 17.0. The van der Waals surface area contributed by atoms with E-state index >= 15 is 0 Å². The van der Waals surface area contributed by atoms with E-state index in [-0.39, 0.29) is 5.41 Å². The predicted molar refractivity (Wildman–Crippen MR) is 107 cm³/mol. The number of hydrogen-bond acceptors (Lipinski definition) is 0. The van der Waals surface area contributed by atoms with Crippen LogP contribution in [0.3, 0.4) is 0 Å². The summed E-state index contributed by atoms with van der Waals surface area (Å²) in [4.78, 5) is 0. The molecule has 0 amide bonds. The van der Waals surface area contributed by atoms with Crippen LogP contribution < -0.4 is 0 Å². The van der Waals surface area contributed by atoms with Gasteiger partial charge in [-0.2, -0.15) is 0 Å². The molecule has 0 nitrogen and oxygen atoms in total. The summed E-state index contributed by atoms with van der Waals surface area (Å²) < 4.78 is 0. The SMILES string of the molecule is CC(C)(c1ccccc1)c1ccc2c(c1)-c1cccc3cccc-2c13. The molecule has 25 heavy (non-hydrogen) atoms. The third-order valence-corrected chi connectivity index (χ3v) is 5.72. The lowest BCUT2D eigenvalue weighted by molar-refractivity contribution is 0.641. The third kappa shape index (κ3) is 2.01. The molecule has 4 aromatic carbocycles. The summed E-state index contributed by atoms with van der Waals surface area (Å²) in [6.45, 7) is 4.62. The smallest absolute Gasteiger partial charge is 0.0146 e. The third-order valence-electron chi connectivity index (χ3n) is 5.72. The van der Waals surface area contributed by atoms with Crippen molar-refractivity contribution in [2.75, 3.05) is 0 Å². The van der Waals surface area contributed by atoms with Gasteiger partial charge in [0.25, 0.3) is 0 Å². The van der Waals surface area contributed by atoms with E-state index in [0.717, 1.165) is 0 Å². The van der Waals surface area contributed by atoms with Crippen LogP contribution in [-0.4, -0.2) is 0 Å². The highest BCUT2D eigenvalue weighted by Gasteiger charge is 2.27. The summed E-state index contributed by atoms with van der Waals surface area (Å²) in [5.41, 5.74) is 8.17. The second kappa shape index (κ2) is 5.07. The van der Waals surface area contributed by atoms with Gasteiger partial charge in [0.2, 0.25) is 0 Å². The van der Waals surface area contributed by atoms with Gasteiger partial charge in [0.1, 0.15) is 0 Å². The second-order valence-electron chi connectivity index (χ2n) is 7.46. The molecule has 0 spiro atoms. The lowest BCUT2D eigenvalue weighted by Gasteiger charge is -2.27. The molecule has 0 saturated carbocycles. The van der Waals surface area contributed by atoms with Crippen molar-refractivity contribution in [3.8, 4) is 22.3 Å². The Morgan fingerprint density at radius 2 is 1.20 bits per heavy atom. The first-order chi connectivity index (χ1) is 12.2. The van der Waals surface area contributed by atoms with E-state index in [1.165, 1.54) is 44.2 Å². The summed E-state index contributed by atoms with van der Waals surface area (Å²) in [5, 5.41) is 2.73. The molecule has 0 N–H and O–H groups in total. The topological polar surface area (TPSA) is 0 Å². The summed E-state index contributed by atoms with van der Waals surface area (Å²) >= 11 is 0. The van der Waals surface area contributed by atoms with E-state index < -0.39 is 0 Å². The van der Waals surface area contributed by atoms with Crippen LogP contribution in [0, 0.1) is 0 Å². The average Bonchev–Trinajstić information content (AvgIpc) is 2.98. The number of benzene rings is 4. The summed E-state index contributed by atoms with van der Waals surface area (Å²) in [5.74, 6) is 0. The Bertz CT molecular complexity index is 1100. The van der Waals surface area contributed by atoms with Crippen molar-refractivity contribution in [2.45, 2.75) is 19.3 Å². The van der Waals surface area contributed by atoms with Gasteiger partial charge in [0.05, 0.1) is 0 Å². The molecular weight excluding hydrogens is 300 g/mol. The molecule has 0 bridgehead atoms. The van der Waals surface area contributed by atoms with E-state index in [4.69, 9.17) is 0 Å². The maximum Gasteiger partial charge on any atom is 0.0146 e. The molecule has 0 fully saturated rings. The standard InChI is InChI=1S/C25H20/c1-25(2,18-10-4-3-5-11-18)19-14-15-20-21-12-6-8-17-9-7-13-22(24(17)21)23(20)16-19/h3-16H,1-2H3. The first-order valence-corrected chi connectivity index (χ1v) is 8.89. The summed E-state index contributed by atoms with van der Waals surface area (Å²) in [7, 11) is 0. The molecule has 0 aromatic heterocycles. The molecule has 0 aliphatic heterocycles. The minimum Gasteiger partial charge on any atom is -0.0622 e. The van der Waals surface area contributed by atoms with Crippen molar-refractivity contribution < 1.29 is 0 Å². The molecule has 0 atom stereocenters. The lowest BCUT2D eigenvalue weighted by Crippen LogP contribution is -2.18. The lowest BCUT2D eigenvalue weighted by atomic mass is 9.77. The Morgan fingerprint density at radius 1 is 0.520 bits per heavy atom. The molecule has 0 radical (unpaired) electrons. The van der Waals surface area contributed by atoms with Crippen LogP contribution >= 0.6 is 0 Å². The van der Waals surface area contributed by atoms with Gasteiger partial charge >= 0.3 is 0 Å².